The molecule has 11 heteroatoms. The quantitative estimate of drug-likeness (QED) is 0.167. The molecular weight excluding hydrogens is 634 g/mol. The minimum Gasteiger partial charge on any atom is -0.269 e. The van der Waals surface area contributed by atoms with Gasteiger partial charge in [0, 0.05) is 41.0 Å². The molecule has 0 aliphatic carbocycles. The molecule has 1 aromatic heterocycles. The zero-order valence-corrected chi connectivity index (χ0v) is 27.5. The van der Waals surface area contributed by atoms with E-state index in [9.17, 15) is 23.3 Å². The summed E-state index contributed by atoms with van der Waals surface area (Å²) in [4.78, 5) is 28.5. The third-order valence-corrected chi connectivity index (χ3v) is 10.8. The molecule has 1 atom stereocenters. The molecule has 0 saturated carbocycles. The first-order valence-corrected chi connectivity index (χ1v) is 17.1. The minimum absolute atomic E-state index is 0.113. The van der Waals surface area contributed by atoms with Crippen LogP contribution in [0, 0.1) is 17.2 Å². The van der Waals surface area contributed by atoms with Crippen LogP contribution >= 0.6 is 11.6 Å². The smallest absolute Gasteiger partial charge is 0.269 e. The number of amides is 2. The normalized spacial score (nSPS) is 18.6. The van der Waals surface area contributed by atoms with Gasteiger partial charge < -0.3 is 0 Å². The van der Waals surface area contributed by atoms with Crippen LogP contribution in [0.3, 0.4) is 0 Å². The van der Waals surface area contributed by atoms with Gasteiger partial charge in [-0.15, -0.1) is 0 Å². The summed E-state index contributed by atoms with van der Waals surface area (Å²) < 4.78 is 30.6. The van der Waals surface area contributed by atoms with Gasteiger partial charge in [0.1, 0.15) is 17.3 Å². The van der Waals surface area contributed by atoms with E-state index in [0.717, 1.165) is 23.4 Å². The van der Waals surface area contributed by atoms with Gasteiger partial charge >= 0.3 is 0 Å². The molecule has 0 N–H and O–H groups in total. The lowest BCUT2D eigenvalue weighted by Gasteiger charge is -2.30. The number of nitrogens with zero attached hydrogens (tertiary/aromatic N) is 5. The Morgan fingerprint density at radius 1 is 1.02 bits per heavy atom. The largest absolute Gasteiger partial charge is 0.271 e. The van der Waals surface area contributed by atoms with Crippen molar-refractivity contribution < 1.29 is 18.0 Å². The van der Waals surface area contributed by atoms with Crippen LogP contribution in [0.5, 0.6) is 0 Å². The Balaban J connectivity index is 1.48. The Morgan fingerprint density at radius 2 is 1.77 bits per heavy atom. The summed E-state index contributed by atoms with van der Waals surface area (Å²) in [7, 11) is -3.76. The fourth-order valence-corrected chi connectivity index (χ4v) is 7.81. The summed E-state index contributed by atoms with van der Waals surface area (Å²) in [6, 6.07) is 24.9. The average molecular weight is 666 g/mol. The first-order chi connectivity index (χ1) is 22.6. The van der Waals surface area contributed by atoms with Crippen LogP contribution < -0.4 is 0 Å². The van der Waals surface area contributed by atoms with Crippen molar-refractivity contribution in [2.24, 2.45) is 5.92 Å². The van der Waals surface area contributed by atoms with Crippen molar-refractivity contribution in [3.63, 3.8) is 0 Å². The lowest BCUT2D eigenvalue weighted by molar-refractivity contribution is -0.141. The Bertz CT molecular complexity index is 2100. The Morgan fingerprint density at radius 3 is 2.49 bits per heavy atom. The summed E-state index contributed by atoms with van der Waals surface area (Å²) in [5, 5.41) is 15.2. The Hall–Kier alpha value is -4.82. The van der Waals surface area contributed by atoms with Gasteiger partial charge in [-0.25, -0.2) is 13.1 Å². The van der Waals surface area contributed by atoms with Crippen molar-refractivity contribution in [3.05, 3.63) is 118 Å². The van der Waals surface area contributed by atoms with E-state index >= 15 is 0 Å². The summed E-state index contributed by atoms with van der Waals surface area (Å²) in [6.45, 7) is 4.44. The topological polar surface area (TPSA) is 116 Å². The van der Waals surface area contributed by atoms with E-state index in [0.29, 0.717) is 40.5 Å². The van der Waals surface area contributed by atoms with Crippen LogP contribution in [0.25, 0.3) is 23.0 Å². The van der Waals surface area contributed by atoms with E-state index in [1.54, 1.807) is 72.4 Å². The molecule has 9 nitrogen and oxygen atoms in total. The highest BCUT2D eigenvalue weighted by atomic mass is 35.5. The van der Waals surface area contributed by atoms with Crippen molar-refractivity contribution in [1.82, 2.24) is 19.0 Å². The second kappa shape index (κ2) is 13.1. The van der Waals surface area contributed by atoms with E-state index < -0.39 is 21.8 Å². The number of piperidine rings is 1. The molecule has 4 aromatic rings. The number of carbonyl (C=O) groups excluding carboxylic acids is 2. The molecule has 2 amide bonds. The highest BCUT2D eigenvalue weighted by Gasteiger charge is 2.36. The number of benzene rings is 3. The fourth-order valence-electron chi connectivity index (χ4n) is 5.97. The number of carbonyl (C=O) groups is 2. The Kier molecular flexibility index (Phi) is 8.97. The number of para-hydroxylation sites is 1. The highest BCUT2D eigenvalue weighted by molar-refractivity contribution is 7.89. The molecular formula is C36H32ClN5O4S. The molecule has 6 rings (SSSR count). The lowest BCUT2D eigenvalue weighted by Crippen LogP contribution is -2.42. The van der Waals surface area contributed by atoms with E-state index in [-0.39, 0.29) is 34.1 Å². The van der Waals surface area contributed by atoms with Gasteiger partial charge in [-0.1, -0.05) is 67.1 Å². The number of imide groups is 1. The maximum Gasteiger partial charge on any atom is 0.271 e. The number of rotatable bonds is 7. The second-order valence-corrected chi connectivity index (χ2v) is 14.2. The Labute approximate surface area is 279 Å². The number of halogens is 1. The maximum atomic E-state index is 14.0. The number of nitriles is 1. The summed E-state index contributed by atoms with van der Waals surface area (Å²) in [5.41, 5.74) is 3.02. The van der Waals surface area contributed by atoms with Gasteiger partial charge in [-0.05, 0) is 73.2 Å². The molecule has 1 fully saturated rings. The SMILES string of the molecule is CC1=C(C#N)C(=O)N(Cc2ccccc2Cl)C(=O)/C1=C/c1cn(-c2ccccc2)nc1-c1cccc(S(=O)(=O)N2CCCC(C)C2)c1. The maximum absolute atomic E-state index is 14.0. The zero-order chi connectivity index (χ0) is 33.3. The minimum atomic E-state index is -3.76. The summed E-state index contributed by atoms with van der Waals surface area (Å²) in [6.07, 6.45) is 5.15. The predicted octanol–water partition coefficient (Wildman–Crippen LogP) is 6.41. The molecule has 47 heavy (non-hydrogen) atoms. The van der Waals surface area contributed by atoms with Gasteiger partial charge in [-0.3, -0.25) is 14.5 Å². The average Bonchev–Trinajstić information content (AvgIpc) is 3.50. The molecule has 0 bridgehead atoms. The van der Waals surface area contributed by atoms with Crippen molar-refractivity contribution in [2.45, 2.75) is 38.1 Å². The monoisotopic (exact) mass is 665 g/mol. The molecule has 0 radical (unpaired) electrons. The van der Waals surface area contributed by atoms with Crippen molar-refractivity contribution in [2.75, 3.05) is 13.1 Å². The van der Waals surface area contributed by atoms with Gasteiger partial charge in [-0.2, -0.15) is 14.7 Å². The zero-order valence-electron chi connectivity index (χ0n) is 25.9. The number of hydrogen-bond donors (Lipinski definition) is 0. The predicted molar refractivity (Wildman–Crippen MR) is 179 cm³/mol. The highest BCUT2D eigenvalue weighted by Crippen LogP contribution is 2.34. The molecule has 2 aliphatic rings. The van der Waals surface area contributed by atoms with Crippen LogP contribution in [0.4, 0.5) is 0 Å². The van der Waals surface area contributed by atoms with E-state index in [2.05, 4.69) is 6.92 Å². The third-order valence-electron chi connectivity index (χ3n) is 8.54. The lowest BCUT2D eigenvalue weighted by atomic mass is 9.93. The molecule has 2 aliphatic heterocycles. The first-order valence-electron chi connectivity index (χ1n) is 15.3. The van der Waals surface area contributed by atoms with Crippen LogP contribution in [0.1, 0.15) is 37.8 Å². The second-order valence-electron chi connectivity index (χ2n) is 11.8. The molecule has 1 saturated heterocycles. The first kappa shape index (κ1) is 32.1. The molecule has 238 valence electrons. The molecule has 0 spiro atoms. The van der Waals surface area contributed by atoms with Gasteiger partial charge in [0.05, 0.1) is 17.1 Å². The van der Waals surface area contributed by atoms with Gasteiger partial charge in [0.25, 0.3) is 11.8 Å². The number of sulfonamides is 1. The van der Waals surface area contributed by atoms with Crippen LogP contribution in [-0.2, 0) is 26.2 Å². The third kappa shape index (κ3) is 6.30. The van der Waals surface area contributed by atoms with Crippen LogP contribution in [-0.4, -0.2) is 52.3 Å². The number of hydrogen-bond acceptors (Lipinski definition) is 6. The molecule has 3 heterocycles. The number of aromatic nitrogens is 2. The summed E-state index contributed by atoms with van der Waals surface area (Å²) in [5.74, 6) is -1.01. The fraction of sp³-hybridized carbons (Fsp3) is 0.222. The van der Waals surface area contributed by atoms with Crippen molar-refractivity contribution in [1.29, 1.82) is 5.26 Å². The van der Waals surface area contributed by atoms with Crippen molar-refractivity contribution >= 4 is 39.5 Å². The van der Waals surface area contributed by atoms with Crippen LogP contribution in [0.2, 0.25) is 5.02 Å². The standard InChI is InChI=1S/C36H32ClN5O4S/c1-24-10-9-17-40(21-24)47(45,46)30-15-8-12-26(18-30)34-28(23-42(39-34)29-13-4-3-5-14-29)19-31-25(2)32(20-38)36(44)41(35(31)43)22-27-11-6-7-16-33(27)37/h3-8,11-16,18-19,23-24H,9-10,17,21-22H2,1-2H3/b31-19+. The van der Waals surface area contributed by atoms with Gasteiger partial charge in [0.15, 0.2) is 0 Å². The summed E-state index contributed by atoms with van der Waals surface area (Å²) >= 11 is 6.36. The van der Waals surface area contributed by atoms with Crippen LogP contribution in [0.15, 0.2) is 107 Å². The van der Waals surface area contributed by atoms with E-state index in [1.807, 2.05) is 36.4 Å². The van der Waals surface area contributed by atoms with E-state index in [1.165, 1.54) is 4.31 Å². The molecule has 1 unspecified atom stereocenters. The van der Waals surface area contributed by atoms with Crippen molar-refractivity contribution in [3.8, 4) is 23.0 Å². The molecule has 3 aromatic carbocycles. The van der Waals surface area contributed by atoms with E-state index in [4.69, 9.17) is 16.7 Å². The van der Waals surface area contributed by atoms with Gasteiger partial charge in [0.2, 0.25) is 10.0 Å².